The van der Waals surface area contributed by atoms with Crippen LogP contribution >= 0.6 is 23.5 Å². The summed E-state index contributed by atoms with van der Waals surface area (Å²) in [5.41, 5.74) is 3.87. The normalized spacial score (nSPS) is 17.0. The van der Waals surface area contributed by atoms with Crippen molar-refractivity contribution in [2.75, 3.05) is 13.4 Å². The zero-order chi connectivity index (χ0) is 29.3. The summed E-state index contributed by atoms with van der Waals surface area (Å²) in [4.78, 5) is 14.5. The number of ether oxygens (including phenoxy) is 4. The largest absolute Gasteiger partial charge is 0.493 e. The van der Waals surface area contributed by atoms with E-state index in [0.717, 1.165) is 27.7 Å². The standard InChI is InChI=1S/C31H32N2O6S2/c1-17(2)37-27-15-19(14-26(36-5)29(27)38-18(3)4)13-23-28(20-7-12-24-25(16-20)33-41-32-24)30(34)39-31(23,35)21-8-10-22(40-6)11-9-21/h7-12,14-18,35H,13H2,1-6H3. The van der Waals surface area contributed by atoms with Crippen molar-refractivity contribution in [3.63, 3.8) is 0 Å². The van der Waals surface area contributed by atoms with Gasteiger partial charge in [0.15, 0.2) is 11.5 Å². The number of carbonyl (C=O) groups is 1. The van der Waals surface area contributed by atoms with E-state index in [2.05, 4.69) is 8.75 Å². The lowest BCUT2D eigenvalue weighted by molar-refractivity contribution is -0.185. The van der Waals surface area contributed by atoms with Gasteiger partial charge < -0.3 is 24.1 Å². The zero-order valence-corrected chi connectivity index (χ0v) is 25.4. The highest BCUT2D eigenvalue weighted by molar-refractivity contribution is 7.98. The molecule has 0 saturated carbocycles. The van der Waals surface area contributed by atoms with E-state index in [-0.39, 0.29) is 24.2 Å². The summed E-state index contributed by atoms with van der Waals surface area (Å²) < 4.78 is 32.3. The third kappa shape index (κ3) is 5.77. The topological polar surface area (TPSA) is 100 Å². The Hall–Kier alpha value is -3.60. The lowest BCUT2D eigenvalue weighted by Gasteiger charge is -2.26. The number of rotatable bonds is 10. The molecule has 1 aromatic heterocycles. The number of hydrogen-bond donors (Lipinski definition) is 1. The van der Waals surface area contributed by atoms with E-state index in [9.17, 15) is 9.90 Å². The SMILES string of the molecule is COc1cc(CC2=C(c3ccc4nsnc4c3)C(=O)OC2(O)c2ccc(SC)cc2)cc(OC(C)C)c1OC(C)C. The van der Waals surface area contributed by atoms with Gasteiger partial charge in [-0.15, -0.1) is 11.8 Å². The van der Waals surface area contributed by atoms with Crippen molar-refractivity contribution >= 4 is 46.1 Å². The van der Waals surface area contributed by atoms with Crippen LogP contribution in [0.3, 0.4) is 0 Å². The molecule has 0 aliphatic carbocycles. The number of nitrogens with zero attached hydrogens (tertiary/aromatic N) is 2. The molecule has 1 unspecified atom stereocenters. The van der Waals surface area contributed by atoms with Crippen LogP contribution in [0.15, 0.2) is 65.1 Å². The minimum atomic E-state index is -1.99. The molecule has 4 aromatic rings. The Kier molecular flexibility index (Phi) is 8.26. The van der Waals surface area contributed by atoms with Crippen molar-refractivity contribution in [3.8, 4) is 17.2 Å². The fourth-order valence-corrected chi connectivity index (χ4v) is 5.74. The number of carbonyl (C=O) groups excluding carboxylic acids is 1. The molecule has 0 radical (unpaired) electrons. The number of aliphatic hydroxyl groups is 1. The number of cyclic esters (lactones) is 1. The van der Waals surface area contributed by atoms with E-state index in [4.69, 9.17) is 18.9 Å². The first kappa shape index (κ1) is 28.9. The smallest absolute Gasteiger partial charge is 0.342 e. The molecule has 1 atom stereocenters. The summed E-state index contributed by atoms with van der Waals surface area (Å²) in [6.07, 6.45) is 1.91. The number of fused-ring (bicyclic) bond motifs is 1. The van der Waals surface area contributed by atoms with Gasteiger partial charge in [-0.3, -0.25) is 0 Å². The molecule has 0 amide bonds. The number of methoxy groups -OCH3 is 1. The van der Waals surface area contributed by atoms with Crippen LogP contribution in [0.2, 0.25) is 0 Å². The first-order valence-electron chi connectivity index (χ1n) is 13.2. The van der Waals surface area contributed by atoms with Crippen LogP contribution in [-0.2, 0) is 21.7 Å². The summed E-state index contributed by atoms with van der Waals surface area (Å²) in [6.45, 7) is 7.73. The van der Waals surface area contributed by atoms with Crippen molar-refractivity contribution in [1.82, 2.24) is 8.75 Å². The second kappa shape index (κ2) is 11.7. The molecule has 0 saturated heterocycles. The number of esters is 1. The fraction of sp³-hybridized carbons (Fsp3) is 0.323. The van der Waals surface area contributed by atoms with E-state index in [1.165, 1.54) is 0 Å². The summed E-state index contributed by atoms with van der Waals surface area (Å²) in [7, 11) is 1.57. The maximum Gasteiger partial charge on any atom is 0.342 e. The van der Waals surface area contributed by atoms with Gasteiger partial charge in [0.25, 0.3) is 5.79 Å². The highest BCUT2D eigenvalue weighted by atomic mass is 32.2. The average Bonchev–Trinajstić information content (AvgIpc) is 3.51. The Balaban J connectivity index is 1.69. The molecule has 0 spiro atoms. The molecule has 1 aliphatic rings. The first-order chi connectivity index (χ1) is 19.6. The van der Waals surface area contributed by atoms with E-state index >= 15 is 0 Å². The van der Waals surface area contributed by atoms with Crippen LogP contribution in [0.1, 0.15) is 44.4 Å². The van der Waals surface area contributed by atoms with E-state index in [1.807, 2.05) is 64.3 Å². The van der Waals surface area contributed by atoms with Crippen LogP contribution in [0.4, 0.5) is 0 Å². The maximum atomic E-state index is 13.5. The summed E-state index contributed by atoms with van der Waals surface area (Å²) in [6, 6.07) is 16.5. The Morgan fingerprint density at radius 3 is 2.29 bits per heavy atom. The van der Waals surface area contributed by atoms with Crippen LogP contribution < -0.4 is 14.2 Å². The lowest BCUT2D eigenvalue weighted by atomic mass is 9.88. The summed E-state index contributed by atoms with van der Waals surface area (Å²) in [5.74, 6) is -1.11. The van der Waals surface area contributed by atoms with E-state index in [1.54, 1.807) is 43.1 Å². The molecular formula is C31H32N2O6S2. The number of hydrogen-bond acceptors (Lipinski definition) is 10. The van der Waals surface area contributed by atoms with Crippen molar-refractivity contribution in [2.45, 2.75) is 57.0 Å². The van der Waals surface area contributed by atoms with Gasteiger partial charge in [0.2, 0.25) is 5.75 Å². The predicted octanol–water partition coefficient (Wildman–Crippen LogP) is 6.39. The van der Waals surface area contributed by atoms with Gasteiger partial charge in [-0.2, -0.15) is 8.75 Å². The molecule has 1 aliphatic heterocycles. The van der Waals surface area contributed by atoms with Gasteiger partial charge in [0.05, 0.1) is 36.6 Å². The molecule has 214 valence electrons. The van der Waals surface area contributed by atoms with Gasteiger partial charge in [-0.05, 0) is 81.5 Å². The zero-order valence-electron chi connectivity index (χ0n) is 23.8. The second-order valence-corrected chi connectivity index (χ2v) is 11.6. The van der Waals surface area contributed by atoms with Crippen LogP contribution in [0, 0.1) is 0 Å². The van der Waals surface area contributed by atoms with E-state index < -0.39 is 11.8 Å². The van der Waals surface area contributed by atoms with E-state index in [0.29, 0.717) is 39.5 Å². The molecule has 8 nitrogen and oxygen atoms in total. The molecule has 1 N–H and O–H groups in total. The molecule has 3 aromatic carbocycles. The highest BCUT2D eigenvalue weighted by Gasteiger charge is 2.48. The molecule has 0 fully saturated rings. The Labute approximate surface area is 247 Å². The molecule has 5 rings (SSSR count). The number of thioether (sulfide) groups is 1. The van der Waals surface area contributed by atoms with Crippen molar-refractivity contribution in [3.05, 3.63) is 76.9 Å². The maximum absolute atomic E-state index is 13.5. The number of aromatic nitrogens is 2. The molecule has 0 bridgehead atoms. The third-order valence-corrected chi connectivity index (χ3v) is 7.88. The second-order valence-electron chi connectivity index (χ2n) is 10.2. The van der Waals surface area contributed by atoms with Gasteiger partial charge in [0, 0.05) is 22.5 Å². The lowest BCUT2D eigenvalue weighted by Crippen LogP contribution is -2.29. The van der Waals surface area contributed by atoms with Gasteiger partial charge >= 0.3 is 5.97 Å². The Morgan fingerprint density at radius 1 is 0.951 bits per heavy atom. The van der Waals surface area contributed by atoms with Crippen LogP contribution in [-0.4, -0.2) is 45.4 Å². The third-order valence-electron chi connectivity index (χ3n) is 6.58. The van der Waals surface area contributed by atoms with Gasteiger partial charge in [-0.25, -0.2) is 4.79 Å². The minimum absolute atomic E-state index is 0.108. The van der Waals surface area contributed by atoms with Crippen LogP contribution in [0.25, 0.3) is 16.6 Å². The fourth-order valence-electron chi connectivity index (χ4n) is 4.81. The van der Waals surface area contributed by atoms with Crippen molar-refractivity contribution < 1.29 is 28.8 Å². The number of benzene rings is 3. The molecule has 2 heterocycles. The molecular weight excluding hydrogens is 560 g/mol. The molecule has 41 heavy (non-hydrogen) atoms. The van der Waals surface area contributed by atoms with Crippen molar-refractivity contribution in [2.24, 2.45) is 0 Å². The Morgan fingerprint density at radius 2 is 1.63 bits per heavy atom. The summed E-state index contributed by atoms with van der Waals surface area (Å²) in [5, 5.41) is 12.1. The monoisotopic (exact) mass is 592 g/mol. The Bertz CT molecular complexity index is 1610. The quantitative estimate of drug-likeness (QED) is 0.166. The highest BCUT2D eigenvalue weighted by Crippen LogP contribution is 2.47. The van der Waals surface area contributed by atoms with Gasteiger partial charge in [0.1, 0.15) is 11.0 Å². The van der Waals surface area contributed by atoms with Gasteiger partial charge in [-0.1, -0.05) is 18.2 Å². The van der Waals surface area contributed by atoms with Crippen LogP contribution in [0.5, 0.6) is 17.2 Å². The first-order valence-corrected chi connectivity index (χ1v) is 15.2. The molecule has 10 heteroatoms. The van der Waals surface area contributed by atoms with Crippen molar-refractivity contribution in [1.29, 1.82) is 0 Å². The average molecular weight is 593 g/mol. The summed E-state index contributed by atoms with van der Waals surface area (Å²) >= 11 is 2.69. The minimum Gasteiger partial charge on any atom is -0.493 e. The predicted molar refractivity (Wildman–Crippen MR) is 161 cm³/mol.